The standard InChI is InChI=1S/C13H14O5/c1-16-10-3-5-11(6-4-10)18-13(15)9-2-7-12(14)17-8-9/h3-6,9H,2,7-8H2,1H3. The van der Waals surface area contributed by atoms with Gasteiger partial charge in [-0.05, 0) is 30.7 Å². The van der Waals surface area contributed by atoms with Crippen molar-refractivity contribution in [1.82, 2.24) is 0 Å². The maximum absolute atomic E-state index is 11.8. The van der Waals surface area contributed by atoms with Crippen LogP contribution in [0.1, 0.15) is 12.8 Å². The van der Waals surface area contributed by atoms with Gasteiger partial charge in [-0.3, -0.25) is 9.59 Å². The zero-order valence-corrected chi connectivity index (χ0v) is 10.0. The number of rotatable bonds is 3. The number of hydrogen-bond donors (Lipinski definition) is 0. The van der Waals surface area contributed by atoms with E-state index in [-0.39, 0.29) is 30.9 Å². The van der Waals surface area contributed by atoms with Gasteiger partial charge in [0.05, 0.1) is 13.0 Å². The Balaban J connectivity index is 1.92. The van der Waals surface area contributed by atoms with E-state index >= 15 is 0 Å². The molecule has 0 N–H and O–H groups in total. The van der Waals surface area contributed by atoms with E-state index in [4.69, 9.17) is 14.2 Å². The van der Waals surface area contributed by atoms with Crippen LogP contribution in [0.2, 0.25) is 0 Å². The smallest absolute Gasteiger partial charge is 0.317 e. The molecule has 96 valence electrons. The maximum atomic E-state index is 11.8. The van der Waals surface area contributed by atoms with Crippen LogP contribution in [0, 0.1) is 5.92 Å². The summed E-state index contributed by atoms with van der Waals surface area (Å²) in [5.74, 6) is 0.153. The zero-order valence-electron chi connectivity index (χ0n) is 10.0. The molecule has 5 nitrogen and oxygen atoms in total. The van der Waals surface area contributed by atoms with Gasteiger partial charge < -0.3 is 14.2 Å². The molecule has 0 aromatic heterocycles. The van der Waals surface area contributed by atoms with Crippen molar-refractivity contribution in [2.24, 2.45) is 5.92 Å². The van der Waals surface area contributed by atoms with E-state index in [1.807, 2.05) is 0 Å². The Kier molecular flexibility index (Phi) is 3.82. The molecule has 1 unspecified atom stereocenters. The highest BCUT2D eigenvalue weighted by molar-refractivity contribution is 5.78. The third kappa shape index (κ3) is 3.00. The molecule has 1 aliphatic rings. The lowest BCUT2D eigenvalue weighted by Gasteiger charge is -2.19. The van der Waals surface area contributed by atoms with Crippen LogP contribution >= 0.6 is 0 Å². The first-order chi connectivity index (χ1) is 8.69. The normalized spacial score (nSPS) is 18.9. The Morgan fingerprint density at radius 3 is 2.50 bits per heavy atom. The highest BCUT2D eigenvalue weighted by atomic mass is 16.6. The number of benzene rings is 1. The molecule has 0 bridgehead atoms. The minimum Gasteiger partial charge on any atom is -0.497 e. The molecule has 1 fully saturated rings. The summed E-state index contributed by atoms with van der Waals surface area (Å²) >= 11 is 0. The van der Waals surface area contributed by atoms with Crippen molar-refractivity contribution in [1.29, 1.82) is 0 Å². The molecular formula is C13H14O5. The Bertz CT molecular complexity index is 427. The van der Waals surface area contributed by atoms with Crippen molar-refractivity contribution in [3.63, 3.8) is 0 Å². The fourth-order valence-corrected chi connectivity index (χ4v) is 1.67. The molecule has 0 aliphatic carbocycles. The van der Waals surface area contributed by atoms with Gasteiger partial charge in [0.1, 0.15) is 18.1 Å². The molecule has 18 heavy (non-hydrogen) atoms. The van der Waals surface area contributed by atoms with E-state index < -0.39 is 0 Å². The van der Waals surface area contributed by atoms with E-state index in [1.54, 1.807) is 31.4 Å². The Labute approximate surface area is 105 Å². The monoisotopic (exact) mass is 250 g/mol. The van der Waals surface area contributed by atoms with Gasteiger partial charge in [-0.2, -0.15) is 0 Å². The summed E-state index contributed by atoms with van der Waals surface area (Å²) in [4.78, 5) is 22.7. The summed E-state index contributed by atoms with van der Waals surface area (Å²) < 4.78 is 15.0. The van der Waals surface area contributed by atoms with E-state index in [0.717, 1.165) is 0 Å². The lowest BCUT2D eigenvalue weighted by molar-refractivity contribution is -0.155. The maximum Gasteiger partial charge on any atom is 0.317 e. The van der Waals surface area contributed by atoms with Crippen molar-refractivity contribution >= 4 is 11.9 Å². The highest BCUT2D eigenvalue weighted by Gasteiger charge is 2.27. The lowest BCUT2D eigenvalue weighted by Crippen LogP contribution is -2.30. The Morgan fingerprint density at radius 2 is 1.94 bits per heavy atom. The van der Waals surface area contributed by atoms with Gasteiger partial charge in [0.25, 0.3) is 0 Å². The van der Waals surface area contributed by atoms with E-state index in [1.165, 1.54) is 0 Å². The molecule has 1 aromatic carbocycles. The minimum atomic E-state index is -0.371. The summed E-state index contributed by atoms with van der Waals surface area (Å²) in [6, 6.07) is 6.74. The molecule has 0 spiro atoms. The van der Waals surface area contributed by atoms with E-state index in [0.29, 0.717) is 17.9 Å². The van der Waals surface area contributed by atoms with Crippen LogP contribution in [0.3, 0.4) is 0 Å². The summed E-state index contributed by atoms with van der Waals surface area (Å²) in [6.45, 7) is 0.105. The first-order valence-electron chi connectivity index (χ1n) is 5.70. The average molecular weight is 250 g/mol. The summed E-state index contributed by atoms with van der Waals surface area (Å²) in [6.07, 6.45) is 0.746. The SMILES string of the molecule is COc1ccc(OC(=O)C2CCC(=O)OC2)cc1. The number of ether oxygens (including phenoxy) is 3. The molecule has 1 saturated heterocycles. The molecule has 1 aromatic rings. The van der Waals surface area contributed by atoms with E-state index in [2.05, 4.69) is 0 Å². The van der Waals surface area contributed by atoms with Gasteiger partial charge in [-0.25, -0.2) is 0 Å². The van der Waals surface area contributed by atoms with Gasteiger partial charge in [-0.15, -0.1) is 0 Å². The number of esters is 2. The fourth-order valence-electron chi connectivity index (χ4n) is 1.67. The van der Waals surface area contributed by atoms with Crippen molar-refractivity contribution in [3.8, 4) is 11.5 Å². The van der Waals surface area contributed by atoms with Gasteiger partial charge in [0.15, 0.2) is 0 Å². The van der Waals surface area contributed by atoms with Crippen LogP contribution in [0.5, 0.6) is 11.5 Å². The van der Waals surface area contributed by atoms with E-state index in [9.17, 15) is 9.59 Å². The predicted octanol–water partition coefficient (Wildman–Crippen LogP) is 1.55. The summed E-state index contributed by atoms with van der Waals surface area (Å²) in [5.41, 5.74) is 0. The second kappa shape index (κ2) is 5.53. The average Bonchev–Trinajstić information content (AvgIpc) is 2.40. The van der Waals surface area contributed by atoms with Crippen LogP contribution in [-0.4, -0.2) is 25.7 Å². The molecular weight excluding hydrogens is 236 g/mol. The minimum absolute atomic E-state index is 0.105. The molecule has 0 saturated carbocycles. The largest absolute Gasteiger partial charge is 0.497 e. The zero-order chi connectivity index (χ0) is 13.0. The first-order valence-corrected chi connectivity index (χ1v) is 5.70. The van der Waals surface area contributed by atoms with Crippen LogP contribution in [-0.2, 0) is 14.3 Å². The summed E-state index contributed by atoms with van der Waals surface area (Å²) in [7, 11) is 1.57. The van der Waals surface area contributed by atoms with Crippen LogP contribution in [0.25, 0.3) is 0 Å². The summed E-state index contributed by atoms with van der Waals surface area (Å²) in [5, 5.41) is 0. The number of hydrogen-bond acceptors (Lipinski definition) is 5. The van der Waals surface area contributed by atoms with Crippen molar-refractivity contribution in [2.75, 3.05) is 13.7 Å². The number of cyclic esters (lactones) is 1. The quantitative estimate of drug-likeness (QED) is 0.601. The van der Waals surface area contributed by atoms with Crippen LogP contribution in [0.15, 0.2) is 24.3 Å². The molecule has 5 heteroatoms. The van der Waals surface area contributed by atoms with Gasteiger partial charge >= 0.3 is 11.9 Å². The highest BCUT2D eigenvalue weighted by Crippen LogP contribution is 2.21. The third-order valence-corrected chi connectivity index (χ3v) is 2.75. The molecule has 0 amide bonds. The Hall–Kier alpha value is -2.04. The Morgan fingerprint density at radius 1 is 1.28 bits per heavy atom. The predicted molar refractivity (Wildman–Crippen MR) is 62.3 cm³/mol. The molecule has 1 atom stereocenters. The topological polar surface area (TPSA) is 61.8 Å². The molecule has 2 rings (SSSR count). The number of methoxy groups -OCH3 is 1. The number of carbonyl (C=O) groups excluding carboxylic acids is 2. The molecule has 1 aliphatic heterocycles. The fraction of sp³-hybridized carbons (Fsp3) is 0.385. The third-order valence-electron chi connectivity index (χ3n) is 2.75. The van der Waals surface area contributed by atoms with Gasteiger partial charge in [0, 0.05) is 6.42 Å². The van der Waals surface area contributed by atoms with Gasteiger partial charge in [0.2, 0.25) is 0 Å². The molecule has 1 heterocycles. The molecule has 0 radical (unpaired) electrons. The van der Waals surface area contributed by atoms with Crippen molar-refractivity contribution in [3.05, 3.63) is 24.3 Å². The van der Waals surface area contributed by atoms with Crippen molar-refractivity contribution in [2.45, 2.75) is 12.8 Å². The second-order valence-corrected chi connectivity index (χ2v) is 4.02. The number of carbonyl (C=O) groups is 2. The van der Waals surface area contributed by atoms with Crippen LogP contribution in [0.4, 0.5) is 0 Å². The lowest BCUT2D eigenvalue weighted by atomic mass is 10.0. The van der Waals surface area contributed by atoms with Crippen molar-refractivity contribution < 1.29 is 23.8 Å². The van der Waals surface area contributed by atoms with Crippen LogP contribution < -0.4 is 9.47 Å². The van der Waals surface area contributed by atoms with Gasteiger partial charge in [-0.1, -0.05) is 0 Å². The second-order valence-electron chi connectivity index (χ2n) is 4.02. The first kappa shape index (κ1) is 12.4.